The van der Waals surface area contributed by atoms with Crippen LogP contribution in [0.15, 0.2) is 15.7 Å². The van der Waals surface area contributed by atoms with Crippen LogP contribution in [-0.4, -0.2) is 24.2 Å². The Morgan fingerprint density at radius 2 is 2.53 bits per heavy atom. The zero-order chi connectivity index (χ0) is 12.8. The fraction of sp³-hybridized carbons (Fsp3) is 0.444. The largest absolute Gasteiger partial charge is 0.480 e. The number of rotatable bonds is 6. The van der Waals surface area contributed by atoms with Gasteiger partial charge in [0.2, 0.25) is 0 Å². The Kier molecular flexibility index (Phi) is 5.43. The third-order valence-corrected chi connectivity index (χ3v) is 4.23. The van der Waals surface area contributed by atoms with Crippen molar-refractivity contribution in [2.24, 2.45) is 5.11 Å². The first-order valence-electron chi connectivity index (χ1n) is 4.79. The van der Waals surface area contributed by atoms with Crippen LogP contribution in [0.4, 0.5) is 0 Å². The van der Waals surface area contributed by atoms with Gasteiger partial charge in [0.05, 0.1) is 0 Å². The molecule has 0 aliphatic carbocycles. The molecule has 92 valence electrons. The summed E-state index contributed by atoms with van der Waals surface area (Å²) in [6.45, 7) is 2.47. The highest BCUT2D eigenvalue weighted by Gasteiger charge is 2.21. The Morgan fingerprint density at radius 1 is 1.82 bits per heavy atom. The predicted octanol–water partition coefficient (Wildman–Crippen LogP) is 2.84. The number of aryl methyl sites for hydroxylation is 1. The molecular weight excluding hydrogens is 308 g/mol. The lowest BCUT2D eigenvalue weighted by Crippen LogP contribution is -2.29. The van der Waals surface area contributed by atoms with E-state index in [2.05, 4.69) is 31.3 Å². The van der Waals surface area contributed by atoms with E-state index >= 15 is 0 Å². The van der Waals surface area contributed by atoms with Crippen molar-refractivity contribution in [2.75, 3.05) is 13.1 Å². The maximum absolute atomic E-state index is 11.1. The van der Waals surface area contributed by atoms with Crippen LogP contribution in [0.2, 0.25) is 0 Å². The number of nitrogens with zero attached hydrogens (tertiary/aromatic N) is 3. The minimum Gasteiger partial charge on any atom is -0.480 e. The van der Waals surface area contributed by atoms with Crippen molar-refractivity contribution in [2.45, 2.75) is 13.0 Å². The maximum Gasteiger partial charge on any atom is 0.326 e. The molecule has 1 aromatic heterocycles. The minimum absolute atomic E-state index is 0.228. The number of hydrogen-bond donors (Lipinski definition) is 2. The summed E-state index contributed by atoms with van der Waals surface area (Å²) in [7, 11) is 0. The van der Waals surface area contributed by atoms with Gasteiger partial charge in [-0.1, -0.05) is 5.11 Å². The molecule has 0 aliphatic rings. The predicted molar refractivity (Wildman–Crippen MR) is 69.1 cm³/mol. The van der Waals surface area contributed by atoms with Crippen molar-refractivity contribution in [3.63, 3.8) is 0 Å². The van der Waals surface area contributed by atoms with Gasteiger partial charge in [-0.25, -0.2) is 0 Å². The van der Waals surface area contributed by atoms with Gasteiger partial charge >= 0.3 is 5.97 Å². The van der Waals surface area contributed by atoms with Gasteiger partial charge in [0, 0.05) is 32.2 Å². The number of carboxylic acids is 1. The van der Waals surface area contributed by atoms with Gasteiger partial charge in [0.25, 0.3) is 0 Å². The monoisotopic (exact) mass is 318 g/mol. The van der Waals surface area contributed by atoms with Crippen LogP contribution in [0.25, 0.3) is 10.4 Å². The van der Waals surface area contributed by atoms with Crippen molar-refractivity contribution >= 4 is 33.2 Å². The van der Waals surface area contributed by atoms with Crippen LogP contribution < -0.4 is 5.32 Å². The van der Waals surface area contributed by atoms with E-state index in [0.29, 0.717) is 6.54 Å². The Bertz CT molecular complexity index is 436. The lowest BCUT2D eigenvalue weighted by molar-refractivity contribution is -0.139. The van der Waals surface area contributed by atoms with E-state index in [0.717, 1.165) is 14.2 Å². The molecule has 0 amide bonds. The fourth-order valence-electron chi connectivity index (χ4n) is 1.24. The van der Waals surface area contributed by atoms with Crippen molar-refractivity contribution in [3.05, 3.63) is 30.7 Å². The number of nitrogens with one attached hydrogen (secondary N) is 1. The number of thiophene rings is 1. The number of aliphatic carboxylic acids is 1. The molecule has 0 aromatic carbocycles. The molecule has 0 fully saturated rings. The van der Waals surface area contributed by atoms with Crippen LogP contribution >= 0.6 is 27.3 Å². The molecule has 1 heterocycles. The third-order valence-electron chi connectivity index (χ3n) is 2.03. The van der Waals surface area contributed by atoms with Crippen LogP contribution in [0, 0.1) is 6.92 Å². The molecule has 1 unspecified atom stereocenters. The van der Waals surface area contributed by atoms with Gasteiger partial charge in [-0.15, -0.1) is 11.3 Å². The second-order valence-corrected chi connectivity index (χ2v) is 5.37. The van der Waals surface area contributed by atoms with E-state index in [1.807, 2.05) is 6.92 Å². The van der Waals surface area contributed by atoms with Crippen LogP contribution in [0.3, 0.4) is 0 Å². The van der Waals surface area contributed by atoms with Crippen molar-refractivity contribution < 1.29 is 9.90 Å². The average Bonchev–Trinajstić information content (AvgIpc) is 2.58. The summed E-state index contributed by atoms with van der Waals surface area (Å²) in [5.41, 5.74) is 8.11. The fourth-order valence-corrected chi connectivity index (χ4v) is 2.87. The lowest BCUT2D eigenvalue weighted by atomic mass is 10.2. The topological polar surface area (TPSA) is 98.1 Å². The molecule has 2 N–H and O–H groups in total. The smallest absolute Gasteiger partial charge is 0.326 e. The van der Waals surface area contributed by atoms with Gasteiger partial charge in [-0.2, -0.15) is 0 Å². The highest BCUT2D eigenvalue weighted by atomic mass is 79.9. The number of carboxylic acid groups (broad SMARTS) is 1. The summed E-state index contributed by atoms with van der Waals surface area (Å²) < 4.78 is 0.903. The zero-order valence-electron chi connectivity index (χ0n) is 9.05. The zero-order valence-corrected chi connectivity index (χ0v) is 11.5. The second kappa shape index (κ2) is 6.61. The maximum atomic E-state index is 11.1. The molecule has 0 spiro atoms. The van der Waals surface area contributed by atoms with Crippen LogP contribution in [0.5, 0.6) is 0 Å². The summed E-state index contributed by atoms with van der Waals surface area (Å²) >= 11 is 4.77. The summed E-state index contributed by atoms with van der Waals surface area (Å²) in [5.74, 6) is -0.945. The van der Waals surface area contributed by atoms with E-state index in [-0.39, 0.29) is 6.54 Å². The van der Waals surface area contributed by atoms with Gasteiger partial charge < -0.3 is 5.11 Å². The first-order chi connectivity index (χ1) is 8.06. The summed E-state index contributed by atoms with van der Waals surface area (Å²) in [6, 6.07) is 1.03. The van der Waals surface area contributed by atoms with Crippen molar-refractivity contribution in [3.8, 4) is 0 Å². The quantitative estimate of drug-likeness (QED) is 0.365. The molecule has 6 nitrogen and oxygen atoms in total. The highest BCUT2D eigenvalue weighted by Crippen LogP contribution is 2.30. The van der Waals surface area contributed by atoms with Gasteiger partial charge in [0.1, 0.15) is 6.04 Å². The molecule has 17 heavy (non-hydrogen) atoms. The normalized spacial score (nSPS) is 11.9. The Balaban J connectivity index is 2.72. The number of hydrogen-bond acceptors (Lipinski definition) is 4. The molecule has 0 radical (unpaired) electrons. The Morgan fingerprint density at radius 3 is 3.00 bits per heavy atom. The molecule has 0 aliphatic heterocycles. The lowest BCUT2D eigenvalue weighted by Gasteiger charge is -2.11. The molecule has 0 bridgehead atoms. The van der Waals surface area contributed by atoms with E-state index < -0.39 is 12.0 Å². The van der Waals surface area contributed by atoms with Gasteiger partial charge in [-0.05, 0) is 34.5 Å². The molecule has 1 atom stereocenters. The Labute approximate surface area is 110 Å². The molecule has 0 saturated carbocycles. The molecule has 1 aromatic rings. The number of halogens is 1. The van der Waals surface area contributed by atoms with E-state index in [1.165, 1.54) is 11.3 Å². The highest BCUT2D eigenvalue weighted by molar-refractivity contribution is 9.10. The first kappa shape index (κ1) is 14.0. The third kappa shape index (κ3) is 4.01. The van der Waals surface area contributed by atoms with Crippen LogP contribution in [-0.2, 0) is 4.79 Å². The van der Waals surface area contributed by atoms with Gasteiger partial charge in [-0.3, -0.25) is 10.1 Å². The minimum atomic E-state index is -0.945. The number of carbonyl (C=O) groups is 1. The van der Waals surface area contributed by atoms with E-state index in [1.54, 1.807) is 6.07 Å². The van der Waals surface area contributed by atoms with Crippen LogP contribution in [0.1, 0.15) is 15.8 Å². The number of azide groups is 1. The Hall–Kier alpha value is -1.08. The molecule has 8 heteroatoms. The van der Waals surface area contributed by atoms with Crippen molar-refractivity contribution in [1.29, 1.82) is 0 Å². The SMILES string of the molecule is Cc1sc(C(NCCN=[N+]=[N-])C(=O)O)cc1Br. The van der Waals surface area contributed by atoms with Crippen molar-refractivity contribution in [1.82, 2.24) is 5.32 Å². The molecule has 0 saturated heterocycles. The van der Waals surface area contributed by atoms with E-state index in [4.69, 9.17) is 10.6 Å². The summed E-state index contributed by atoms with van der Waals surface area (Å²) in [5, 5.41) is 15.3. The van der Waals surface area contributed by atoms with Gasteiger partial charge in [0.15, 0.2) is 0 Å². The summed E-state index contributed by atoms with van der Waals surface area (Å²) in [6.07, 6.45) is 0. The molecule has 1 rings (SSSR count). The summed E-state index contributed by atoms with van der Waals surface area (Å²) in [4.78, 5) is 15.5. The standard InChI is InChI=1S/C9H11BrN4O2S/c1-5-6(10)4-7(17-5)8(9(15)16)12-2-3-13-14-11/h4,8,12H,2-3H2,1H3,(H,15,16). The molecular formula is C9H11BrN4O2S. The second-order valence-electron chi connectivity index (χ2n) is 3.23. The first-order valence-corrected chi connectivity index (χ1v) is 6.40. The van der Waals surface area contributed by atoms with E-state index in [9.17, 15) is 4.79 Å². The average molecular weight is 319 g/mol.